The molecule has 4 unspecified atom stereocenters. The highest BCUT2D eigenvalue weighted by Gasteiger charge is 2.58. The van der Waals surface area contributed by atoms with Gasteiger partial charge in [-0.3, -0.25) is 0 Å². The van der Waals surface area contributed by atoms with Crippen molar-refractivity contribution in [2.45, 2.75) is 25.1 Å². The summed E-state index contributed by atoms with van der Waals surface area (Å²) in [7, 11) is 0. The largest absolute Gasteiger partial charge is 0.384 e. The standard InChI is InChI=1S/C12H15BrO/c1-11-6-4-9(8-11)10(13)12(11,2)5-3-7-14/h4,6,9-10,14H,7-8H2,1-2H3. The topological polar surface area (TPSA) is 20.2 Å². The van der Waals surface area contributed by atoms with Gasteiger partial charge in [0.15, 0.2) is 0 Å². The van der Waals surface area contributed by atoms with E-state index in [9.17, 15) is 0 Å². The van der Waals surface area contributed by atoms with Gasteiger partial charge in [-0.25, -0.2) is 0 Å². The average Bonchev–Trinajstić information content (AvgIpc) is 2.63. The highest BCUT2D eigenvalue weighted by Crippen LogP contribution is 2.62. The Bertz CT molecular complexity index is 338. The number of aliphatic hydroxyl groups excluding tert-OH is 1. The molecule has 0 aromatic heterocycles. The minimum Gasteiger partial charge on any atom is -0.384 e. The van der Waals surface area contributed by atoms with E-state index in [1.807, 2.05) is 0 Å². The lowest BCUT2D eigenvalue weighted by Gasteiger charge is -2.38. The Hall–Kier alpha value is -0.260. The van der Waals surface area contributed by atoms with Crippen LogP contribution >= 0.6 is 15.9 Å². The molecule has 0 saturated heterocycles. The predicted molar refractivity (Wildman–Crippen MR) is 61.0 cm³/mol. The number of alkyl halides is 1. The van der Waals surface area contributed by atoms with Crippen LogP contribution < -0.4 is 0 Å². The van der Waals surface area contributed by atoms with Crippen molar-refractivity contribution in [1.29, 1.82) is 0 Å². The van der Waals surface area contributed by atoms with E-state index in [1.165, 1.54) is 6.42 Å². The molecule has 1 fully saturated rings. The zero-order valence-electron chi connectivity index (χ0n) is 8.55. The Labute approximate surface area is 93.7 Å². The van der Waals surface area contributed by atoms with Gasteiger partial charge in [-0.15, -0.1) is 0 Å². The highest BCUT2D eigenvalue weighted by molar-refractivity contribution is 9.09. The van der Waals surface area contributed by atoms with Gasteiger partial charge in [0, 0.05) is 10.2 Å². The minimum absolute atomic E-state index is 0.0326. The van der Waals surface area contributed by atoms with Crippen LogP contribution in [0.15, 0.2) is 12.2 Å². The third-order valence-electron chi connectivity index (χ3n) is 3.91. The van der Waals surface area contributed by atoms with E-state index >= 15 is 0 Å². The molecule has 1 N–H and O–H groups in total. The maximum Gasteiger partial charge on any atom is 0.104 e. The molecule has 0 amide bonds. The maximum absolute atomic E-state index is 8.77. The smallest absolute Gasteiger partial charge is 0.104 e. The van der Waals surface area contributed by atoms with E-state index in [1.54, 1.807) is 0 Å². The fraction of sp³-hybridized carbons (Fsp3) is 0.667. The molecule has 0 aromatic rings. The molecule has 2 rings (SSSR count). The molecular weight excluding hydrogens is 240 g/mol. The van der Waals surface area contributed by atoms with Crippen molar-refractivity contribution >= 4 is 15.9 Å². The number of allylic oxidation sites excluding steroid dienone is 2. The molecule has 4 atom stereocenters. The summed E-state index contributed by atoms with van der Waals surface area (Å²) in [6, 6.07) is 0. The molecule has 0 heterocycles. The van der Waals surface area contributed by atoms with E-state index < -0.39 is 0 Å². The van der Waals surface area contributed by atoms with Gasteiger partial charge in [0.2, 0.25) is 0 Å². The Morgan fingerprint density at radius 2 is 2.29 bits per heavy atom. The van der Waals surface area contributed by atoms with Gasteiger partial charge in [0.05, 0.1) is 5.41 Å². The van der Waals surface area contributed by atoms with Crippen molar-refractivity contribution in [3.8, 4) is 11.8 Å². The fourth-order valence-corrected chi connectivity index (χ4v) is 3.73. The van der Waals surface area contributed by atoms with Gasteiger partial charge >= 0.3 is 0 Å². The predicted octanol–water partition coefficient (Wildman–Crippen LogP) is 2.35. The molecule has 2 aliphatic rings. The molecule has 1 saturated carbocycles. The quantitative estimate of drug-likeness (QED) is 0.400. The third kappa shape index (κ3) is 1.12. The van der Waals surface area contributed by atoms with Crippen molar-refractivity contribution in [2.24, 2.45) is 16.7 Å². The summed E-state index contributed by atoms with van der Waals surface area (Å²) in [5.74, 6) is 6.65. The van der Waals surface area contributed by atoms with E-state index in [0.717, 1.165) is 0 Å². The summed E-state index contributed by atoms with van der Waals surface area (Å²) in [5.41, 5.74) is 0.142. The first-order valence-corrected chi connectivity index (χ1v) is 5.89. The summed E-state index contributed by atoms with van der Waals surface area (Å²) < 4.78 is 0. The molecule has 14 heavy (non-hydrogen) atoms. The molecule has 76 valence electrons. The van der Waals surface area contributed by atoms with Crippen molar-refractivity contribution in [3.05, 3.63) is 12.2 Å². The van der Waals surface area contributed by atoms with Gasteiger partial charge < -0.3 is 5.11 Å². The van der Waals surface area contributed by atoms with Gasteiger partial charge in [-0.05, 0) is 19.3 Å². The molecule has 2 aliphatic carbocycles. The Kier molecular flexibility index (Phi) is 2.28. The van der Waals surface area contributed by atoms with Gasteiger partial charge in [0.1, 0.15) is 6.61 Å². The number of rotatable bonds is 0. The average molecular weight is 255 g/mol. The van der Waals surface area contributed by atoms with Crippen LogP contribution in [0.1, 0.15) is 20.3 Å². The SMILES string of the molecule is CC12C=CC(C1)C(Br)C2(C)C#CCO. The monoisotopic (exact) mass is 254 g/mol. The zero-order chi connectivity index (χ0) is 10.4. The number of aliphatic hydroxyl groups is 1. The lowest BCUT2D eigenvalue weighted by atomic mass is 9.68. The van der Waals surface area contributed by atoms with Crippen molar-refractivity contribution < 1.29 is 5.11 Å². The first-order valence-electron chi connectivity index (χ1n) is 4.98. The van der Waals surface area contributed by atoms with Crippen LogP contribution in [-0.4, -0.2) is 16.5 Å². The van der Waals surface area contributed by atoms with E-state index in [-0.39, 0.29) is 17.4 Å². The van der Waals surface area contributed by atoms with Crippen LogP contribution in [0.25, 0.3) is 0 Å². The third-order valence-corrected chi connectivity index (χ3v) is 5.51. The number of hydrogen-bond acceptors (Lipinski definition) is 1. The molecule has 0 spiro atoms. The Balaban J connectivity index is 2.40. The summed E-state index contributed by atoms with van der Waals surface area (Å²) in [6.45, 7) is 4.41. The lowest BCUT2D eigenvalue weighted by molar-refractivity contribution is 0.252. The van der Waals surface area contributed by atoms with Crippen LogP contribution in [0.4, 0.5) is 0 Å². The van der Waals surface area contributed by atoms with Gasteiger partial charge in [-0.1, -0.05) is 46.8 Å². The maximum atomic E-state index is 8.77. The second-order valence-corrected chi connectivity index (χ2v) is 5.70. The van der Waals surface area contributed by atoms with Crippen LogP contribution in [-0.2, 0) is 0 Å². The molecule has 0 aliphatic heterocycles. The summed E-state index contributed by atoms with van der Waals surface area (Å²) >= 11 is 3.75. The number of fused-ring (bicyclic) bond motifs is 2. The van der Waals surface area contributed by atoms with E-state index in [2.05, 4.69) is 53.8 Å². The first-order chi connectivity index (χ1) is 6.53. The van der Waals surface area contributed by atoms with Crippen LogP contribution in [0.3, 0.4) is 0 Å². The molecule has 0 radical (unpaired) electrons. The van der Waals surface area contributed by atoms with Crippen molar-refractivity contribution in [3.63, 3.8) is 0 Å². The Morgan fingerprint density at radius 1 is 1.57 bits per heavy atom. The normalized spacial score (nSPS) is 49.1. The minimum atomic E-state index is -0.0419. The lowest BCUT2D eigenvalue weighted by Crippen LogP contribution is -2.37. The van der Waals surface area contributed by atoms with Crippen LogP contribution in [0.5, 0.6) is 0 Å². The molecular formula is C12H15BrO. The fourth-order valence-electron chi connectivity index (χ4n) is 2.73. The van der Waals surface area contributed by atoms with Gasteiger partial charge in [0.25, 0.3) is 0 Å². The van der Waals surface area contributed by atoms with Gasteiger partial charge in [-0.2, -0.15) is 0 Å². The van der Waals surface area contributed by atoms with Crippen molar-refractivity contribution in [1.82, 2.24) is 0 Å². The number of halogens is 1. The Morgan fingerprint density at radius 3 is 2.79 bits per heavy atom. The second kappa shape index (κ2) is 3.12. The van der Waals surface area contributed by atoms with Crippen LogP contribution in [0, 0.1) is 28.6 Å². The molecule has 1 nitrogen and oxygen atoms in total. The van der Waals surface area contributed by atoms with E-state index in [0.29, 0.717) is 10.7 Å². The first kappa shape index (κ1) is 10.3. The summed E-state index contributed by atoms with van der Waals surface area (Å²) in [6.07, 6.45) is 5.77. The molecule has 0 aromatic carbocycles. The molecule has 2 heteroatoms. The van der Waals surface area contributed by atoms with E-state index in [4.69, 9.17) is 5.11 Å². The zero-order valence-corrected chi connectivity index (χ0v) is 10.1. The second-order valence-electron chi connectivity index (χ2n) is 4.71. The number of hydrogen-bond donors (Lipinski definition) is 1. The highest BCUT2D eigenvalue weighted by atomic mass is 79.9. The summed E-state index contributed by atoms with van der Waals surface area (Å²) in [4.78, 5) is 0.420. The van der Waals surface area contributed by atoms with Crippen molar-refractivity contribution in [2.75, 3.05) is 6.61 Å². The van der Waals surface area contributed by atoms with Crippen LogP contribution in [0.2, 0.25) is 0 Å². The summed E-state index contributed by atoms with van der Waals surface area (Å²) in [5, 5.41) is 8.77. The molecule has 2 bridgehead atoms.